The van der Waals surface area contributed by atoms with Gasteiger partial charge in [-0.2, -0.15) is 0 Å². The van der Waals surface area contributed by atoms with Gasteiger partial charge in [-0.25, -0.2) is 0 Å². The normalized spacial score (nSPS) is 24.5. The zero-order chi connectivity index (χ0) is 17.6. The van der Waals surface area contributed by atoms with Crippen molar-refractivity contribution in [2.75, 3.05) is 32.7 Å². The summed E-state index contributed by atoms with van der Waals surface area (Å²) < 4.78 is 0. The third-order valence-corrected chi connectivity index (χ3v) is 5.38. The van der Waals surface area contributed by atoms with Crippen LogP contribution >= 0.6 is 0 Å². The zero-order valence-electron chi connectivity index (χ0n) is 15.1. The standard InChI is InChI=1S/C20H29N3O2/c1-2-23-15-18(11-19(23)24)20(25)21-12-17-9-6-10-22(14-17)13-16-7-4-3-5-8-16/h3-5,7-8,17-18H,2,6,9-15H2,1H3,(H,21,25)/t17-,18+/m1/s1. The van der Waals surface area contributed by atoms with Crippen LogP contribution in [0.25, 0.3) is 0 Å². The number of nitrogens with zero attached hydrogens (tertiary/aromatic N) is 2. The Hall–Kier alpha value is -1.88. The maximum atomic E-state index is 12.4. The van der Waals surface area contributed by atoms with Gasteiger partial charge in [-0.1, -0.05) is 30.3 Å². The smallest absolute Gasteiger partial charge is 0.225 e. The summed E-state index contributed by atoms with van der Waals surface area (Å²) in [4.78, 5) is 28.4. The molecule has 0 bridgehead atoms. The largest absolute Gasteiger partial charge is 0.355 e. The van der Waals surface area contributed by atoms with Crippen LogP contribution in [-0.2, 0) is 16.1 Å². The molecule has 5 heteroatoms. The van der Waals surface area contributed by atoms with Crippen LogP contribution in [0.2, 0.25) is 0 Å². The Kier molecular flexibility index (Phi) is 6.08. The summed E-state index contributed by atoms with van der Waals surface area (Å²) >= 11 is 0. The van der Waals surface area contributed by atoms with E-state index >= 15 is 0 Å². The van der Waals surface area contributed by atoms with Gasteiger partial charge in [-0.05, 0) is 37.8 Å². The van der Waals surface area contributed by atoms with E-state index in [1.54, 1.807) is 4.90 Å². The van der Waals surface area contributed by atoms with Gasteiger partial charge in [0.05, 0.1) is 5.92 Å². The Morgan fingerprint density at radius 3 is 2.76 bits per heavy atom. The average Bonchev–Trinajstić information content (AvgIpc) is 3.02. The average molecular weight is 343 g/mol. The Morgan fingerprint density at radius 2 is 2.04 bits per heavy atom. The molecule has 1 N–H and O–H groups in total. The maximum absolute atomic E-state index is 12.4. The lowest BCUT2D eigenvalue weighted by molar-refractivity contribution is -0.128. The molecule has 0 radical (unpaired) electrons. The molecule has 1 aromatic carbocycles. The van der Waals surface area contributed by atoms with E-state index in [1.807, 2.05) is 13.0 Å². The summed E-state index contributed by atoms with van der Waals surface area (Å²) in [5, 5.41) is 3.10. The minimum atomic E-state index is -0.170. The SMILES string of the molecule is CCN1C[C@@H](C(=O)NC[C@H]2CCCN(Cc3ccccc3)C2)CC1=O. The first kappa shape index (κ1) is 17.9. The number of carbonyl (C=O) groups excluding carboxylic acids is 2. The zero-order valence-corrected chi connectivity index (χ0v) is 15.1. The second-order valence-electron chi connectivity index (χ2n) is 7.31. The molecule has 0 spiro atoms. The molecule has 2 heterocycles. The minimum absolute atomic E-state index is 0.0458. The molecule has 0 unspecified atom stereocenters. The highest BCUT2D eigenvalue weighted by atomic mass is 16.2. The van der Waals surface area contributed by atoms with Gasteiger partial charge >= 0.3 is 0 Å². The molecule has 2 aliphatic rings. The van der Waals surface area contributed by atoms with Gasteiger partial charge in [0.25, 0.3) is 0 Å². The molecule has 136 valence electrons. The molecule has 0 saturated carbocycles. The van der Waals surface area contributed by atoms with Crippen molar-refractivity contribution in [1.29, 1.82) is 0 Å². The summed E-state index contributed by atoms with van der Waals surface area (Å²) in [7, 11) is 0. The molecule has 25 heavy (non-hydrogen) atoms. The fourth-order valence-corrected chi connectivity index (χ4v) is 3.95. The summed E-state index contributed by atoms with van der Waals surface area (Å²) in [5.74, 6) is 0.482. The summed E-state index contributed by atoms with van der Waals surface area (Å²) in [6.07, 6.45) is 2.71. The van der Waals surface area contributed by atoms with Crippen LogP contribution in [0, 0.1) is 11.8 Å². The predicted octanol–water partition coefficient (Wildman–Crippen LogP) is 1.88. The summed E-state index contributed by atoms with van der Waals surface area (Å²) in [6, 6.07) is 10.5. The maximum Gasteiger partial charge on any atom is 0.225 e. The van der Waals surface area contributed by atoms with Gasteiger partial charge in [0.15, 0.2) is 0 Å². The van der Waals surface area contributed by atoms with Gasteiger partial charge in [-0.15, -0.1) is 0 Å². The van der Waals surface area contributed by atoms with Crippen LogP contribution in [0.3, 0.4) is 0 Å². The third kappa shape index (κ3) is 4.82. The van der Waals surface area contributed by atoms with E-state index in [9.17, 15) is 9.59 Å². The van der Waals surface area contributed by atoms with Crippen LogP contribution < -0.4 is 5.32 Å². The highest BCUT2D eigenvalue weighted by molar-refractivity contribution is 5.89. The molecule has 2 atom stereocenters. The first-order chi connectivity index (χ1) is 12.2. The number of hydrogen-bond donors (Lipinski definition) is 1. The third-order valence-electron chi connectivity index (χ3n) is 5.38. The lowest BCUT2D eigenvalue weighted by Crippen LogP contribution is -2.42. The Labute approximate surface area is 150 Å². The number of nitrogens with one attached hydrogen (secondary N) is 1. The van der Waals surface area contributed by atoms with E-state index in [2.05, 4.69) is 34.5 Å². The molecular weight excluding hydrogens is 314 g/mol. The van der Waals surface area contributed by atoms with Gasteiger partial charge in [0.1, 0.15) is 0 Å². The lowest BCUT2D eigenvalue weighted by atomic mass is 9.97. The van der Waals surface area contributed by atoms with Crippen molar-refractivity contribution in [3.05, 3.63) is 35.9 Å². The molecule has 1 aromatic rings. The molecule has 2 amide bonds. The molecule has 2 aliphatic heterocycles. The van der Waals surface area contributed by atoms with Gasteiger partial charge in [0.2, 0.25) is 11.8 Å². The molecule has 2 saturated heterocycles. The topological polar surface area (TPSA) is 52.7 Å². The number of likely N-dealkylation sites (tertiary alicyclic amines) is 2. The van der Waals surface area contributed by atoms with Crippen LogP contribution in [0.5, 0.6) is 0 Å². The predicted molar refractivity (Wildman–Crippen MR) is 97.8 cm³/mol. The monoisotopic (exact) mass is 343 g/mol. The van der Waals surface area contributed by atoms with E-state index in [0.717, 1.165) is 32.6 Å². The molecule has 3 rings (SSSR count). The first-order valence-corrected chi connectivity index (χ1v) is 9.47. The highest BCUT2D eigenvalue weighted by Gasteiger charge is 2.33. The minimum Gasteiger partial charge on any atom is -0.355 e. The second-order valence-corrected chi connectivity index (χ2v) is 7.31. The quantitative estimate of drug-likeness (QED) is 0.858. The fourth-order valence-electron chi connectivity index (χ4n) is 3.95. The van der Waals surface area contributed by atoms with Gasteiger partial charge in [0, 0.05) is 39.1 Å². The lowest BCUT2D eigenvalue weighted by Gasteiger charge is -2.33. The highest BCUT2D eigenvalue weighted by Crippen LogP contribution is 2.20. The Morgan fingerprint density at radius 1 is 1.24 bits per heavy atom. The molecule has 5 nitrogen and oxygen atoms in total. The number of hydrogen-bond acceptors (Lipinski definition) is 3. The number of amides is 2. The van der Waals surface area contributed by atoms with E-state index in [1.165, 1.54) is 12.0 Å². The fraction of sp³-hybridized carbons (Fsp3) is 0.600. The Bertz CT molecular complexity index is 590. The van der Waals surface area contributed by atoms with Crippen molar-refractivity contribution in [2.24, 2.45) is 11.8 Å². The van der Waals surface area contributed by atoms with E-state index in [-0.39, 0.29) is 17.7 Å². The van der Waals surface area contributed by atoms with E-state index in [4.69, 9.17) is 0 Å². The van der Waals surface area contributed by atoms with Crippen molar-refractivity contribution in [3.63, 3.8) is 0 Å². The van der Waals surface area contributed by atoms with Crippen LogP contribution in [0.15, 0.2) is 30.3 Å². The molecule has 0 aromatic heterocycles. The molecular formula is C20H29N3O2. The number of carbonyl (C=O) groups is 2. The second kappa shape index (κ2) is 8.48. The molecule has 0 aliphatic carbocycles. The first-order valence-electron chi connectivity index (χ1n) is 9.47. The van der Waals surface area contributed by atoms with E-state index in [0.29, 0.717) is 25.4 Å². The molecule has 2 fully saturated rings. The van der Waals surface area contributed by atoms with Crippen molar-refractivity contribution < 1.29 is 9.59 Å². The number of rotatable bonds is 6. The number of benzene rings is 1. The van der Waals surface area contributed by atoms with Crippen molar-refractivity contribution in [1.82, 2.24) is 15.1 Å². The van der Waals surface area contributed by atoms with Gasteiger partial charge < -0.3 is 10.2 Å². The van der Waals surface area contributed by atoms with Crippen molar-refractivity contribution >= 4 is 11.8 Å². The van der Waals surface area contributed by atoms with Crippen LogP contribution in [0.1, 0.15) is 31.7 Å². The number of piperidine rings is 1. The van der Waals surface area contributed by atoms with Crippen molar-refractivity contribution in [3.8, 4) is 0 Å². The van der Waals surface area contributed by atoms with Crippen molar-refractivity contribution in [2.45, 2.75) is 32.7 Å². The van der Waals surface area contributed by atoms with Gasteiger partial charge in [-0.3, -0.25) is 14.5 Å². The summed E-state index contributed by atoms with van der Waals surface area (Å²) in [6.45, 7) is 7.09. The summed E-state index contributed by atoms with van der Waals surface area (Å²) in [5.41, 5.74) is 1.34. The van der Waals surface area contributed by atoms with E-state index < -0.39 is 0 Å². The Balaban J connectivity index is 1.43. The van der Waals surface area contributed by atoms with Crippen LogP contribution in [0.4, 0.5) is 0 Å². The van der Waals surface area contributed by atoms with Crippen LogP contribution in [-0.4, -0.2) is 54.3 Å².